The van der Waals surface area contributed by atoms with Gasteiger partial charge in [0.25, 0.3) is 5.91 Å². The smallest absolute Gasteiger partial charge is 0.254 e. The predicted molar refractivity (Wildman–Crippen MR) is 98.8 cm³/mol. The summed E-state index contributed by atoms with van der Waals surface area (Å²) in [6.45, 7) is 2.65. The Balaban J connectivity index is 1.56. The molecule has 126 valence electrons. The maximum Gasteiger partial charge on any atom is 0.254 e. The molecule has 1 N–H and O–H groups in total. The molecule has 2 aromatic carbocycles. The molecule has 5 nitrogen and oxygen atoms in total. The Hall–Kier alpha value is -2.73. The fourth-order valence-corrected chi connectivity index (χ4v) is 4.15. The van der Waals surface area contributed by atoms with Crippen LogP contribution in [0.5, 0.6) is 0 Å². The van der Waals surface area contributed by atoms with E-state index in [-0.39, 0.29) is 11.8 Å². The number of amides is 2. The number of fused-ring (bicyclic) bond motifs is 2. The van der Waals surface area contributed by atoms with E-state index in [1.165, 1.54) is 18.3 Å². The van der Waals surface area contributed by atoms with E-state index in [1.807, 2.05) is 47.4 Å². The lowest BCUT2D eigenvalue weighted by Crippen LogP contribution is -2.35. The molecular formula is C19H17N3O2S. The number of carbonyl (C=O) groups is 2. The average molecular weight is 351 g/mol. The number of thiazole rings is 1. The second-order valence-corrected chi connectivity index (χ2v) is 7.19. The molecule has 2 amide bonds. The number of hydrogen-bond donors (Lipinski definition) is 1. The number of rotatable bonds is 2. The molecule has 2 heterocycles. The first-order chi connectivity index (χ1) is 12.1. The summed E-state index contributed by atoms with van der Waals surface area (Å²) in [6, 6.07) is 13.8. The molecule has 3 aromatic rings. The first kappa shape index (κ1) is 15.8. The Bertz CT molecular complexity index is 980. The van der Waals surface area contributed by atoms with E-state index in [2.05, 4.69) is 10.3 Å². The molecule has 6 heteroatoms. The van der Waals surface area contributed by atoms with Crippen LogP contribution >= 0.6 is 11.3 Å². The van der Waals surface area contributed by atoms with Crippen LogP contribution in [-0.4, -0.2) is 28.2 Å². The van der Waals surface area contributed by atoms with Crippen LogP contribution < -0.4 is 5.32 Å². The minimum absolute atomic E-state index is 0.0332. The van der Waals surface area contributed by atoms with Gasteiger partial charge >= 0.3 is 0 Å². The minimum Gasteiger partial charge on any atom is -0.333 e. The van der Waals surface area contributed by atoms with Crippen LogP contribution in [0.25, 0.3) is 10.8 Å². The standard InChI is InChI=1S/C19H17N3O2S/c1-12(23)20-19-21-16-8-9-22(11-17(16)25-19)18(24)15-7-6-13-4-2-3-5-14(13)10-15/h2-7,10H,8-9,11H2,1H3,(H,20,21,23). The molecule has 1 aliphatic heterocycles. The van der Waals surface area contributed by atoms with E-state index in [9.17, 15) is 9.59 Å². The van der Waals surface area contributed by atoms with Crippen LogP contribution in [0.4, 0.5) is 5.13 Å². The van der Waals surface area contributed by atoms with Gasteiger partial charge in [-0.25, -0.2) is 4.98 Å². The summed E-state index contributed by atoms with van der Waals surface area (Å²) in [6.07, 6.45) is 0.713. The Labute approximate surface area is 149 Å². The van der Waals surface area contributed by atoms with Crippen molar-refractivity contribution < 1.29 is 9.59 Å². The molecular weight excluding hydrogens is 334 g/mol. The van der Waals surface area contributed by atoms with Gasteiger partial charge in [-0.15, -0.1) is 0 Å². The van der Waals surface area contributed by atoms with E-state index < -0.39 is 0 Å². The van der Waals surface area contributed by atoms with Crippen LogP contribution in [-0.2, 0) is 17.8 Å². The zero-order valence-electron chi connectivity index (χ0n) is 13.8. The first-order valence-electron chi connectivity index (χ1n) is 8.14. The third-order valence-corrected chi connectivity index (χ3v) is 5.30. The summed E-state index contributed by atoms with van der Waals surface area (Å²) in [7, 11) is 0. The molecule has 0 saturated heterocycles. The second-order valence-electron chi connectivity index (χ2n) is 6.11. The maximum absolute atomic E-state index is 12.9. The molecule has 0 radical (unpaired) electrons. The highest BCUT2D eigenvalue weighted by Crippen LogP contribution is 2.29. The van der Waals surface area contributed by atoms with Gasteiger partial charge in [0.1, 0.15) is 0 Å². The van der Waals surface area contributed by atoms with E-state index in [4.69, 9.17) is 0 Å². The maximum atomic E-state index is 12.9. The van der Waals surface area contributed by atoms with Crippen LogP contribution in [0.1, 0.15) is 27.9 Å². The third kappa shape index (κ3) is 3.13. The Morgan fingerprint density at radius 1 is 1.16 bits per heavy atom. The van der Waals surface area contributed by atoms with E-state index in [1.54, 1.807) is 0 Å². The van der Waals surface area contributed by atoms with Crippen molar-refractivity contribution in [2.75, 3.05) is 11.9 Å². The van der Waals surface area contributed by atoms with Crippen molar-refractivity contribution in [3.8, 4) is 0 Å². The highest BCUT2D eigenvalue weighted by atomic mass is 32.1. The fourth-order valence-electron chi connectivity index (χ4n) is 3.08. The largest absolute Gasteiger partial charge is 0.333 e. The van der Waals surface area contributed by atoms with E-state index >= 15 is 0 Å². The lowest BCUT2D eigenvalue weighted by Gasteiger charge is -2.26. The van der Waals surface area contributed by atoms with Crippen molar-refractivity contribution in [3.05, 3.63) is 58.6 Å². The number of benzene rings is 2. The lowest BCUT2D eigenvalue weighted by molar-refractivity contribution is -0.114. The molecule has 0 aliphatic carbocycles. The molecule has 0 spiro atoms. The monoisotopic (exact) mass is 351 g/mol. The fraction of sp³-hybridized carbons (Fsp3) is 0.211. The quantitative estimate of drug-likeness (QED) is 0.769. The average Bonchev–Trinajstić information content (AvgIpc) is 3.01. The highest BCUT2D eigenvalue weighted by Gasteiger charge is 2.25. The number of hydrogen-bond acceptors (Lipinski definition) is 4. The van der Waals surface area contributed by atoms with Gasteiger partial charge in [-0.1, -0.05) is 41.7 Å². The van der Waals surface area contributed by atoms with Crippen molar-refractivity contribution >= 4 is 39.1 Å². The molecule has 0 unspecified atom stereocenters. The van der Waals surface area contributed by atoms with Gasteiger partial charge in [-0.2, -0.15) is 0 Å². The number of aromatic nitrogens is 1. The predicted octanol–water partition coefficient (Wildman–Crippen LogP) is 3.45. The first-order valence-corrected chi connectivity index (χ1v) is 8.96. The van der Waals surface area contributed by atoms with Crippen LogP contribution in [0.3, 0.4) is 0 Å². The summed E-state index contributed by atoms with van der Waals surface area (Å²) in [5, 5.41) is 5.53. The van der Waals surface area contributed by atoms with Crippen molar-refractivity contribution in [3.63, 3.8) is 0 Å². The normalized spacial score (nSPS) is 13.6. The highest BCUT2D eigenvalue weighted by molar-refractivity contribution is 7.15. The Kier molecular flexibility index (Phi) is 3.97. The third-order valence-electron chi connectivity index (χ3n) is 4.30. The summed E-state index contributed by atoms with van der Waals surface area (Å²) in [5.41, 5.74) is 1.69. The summed E-state index contributed by atoms with van der Waals surface area (Å²) < 4.78 is 0. The topological polar surface area (TPSA) is 62.3 Å². The van der Waals surface area contributed by atoms with Crippen molar-refractivity contribution in [1.29, 1.82) is 0 Å². The van der Waals surface area contributed by atoms with Crippen molar-refractivity contribution in [2.24, 2.45) is 0 Å². The van der Waals surface area contributed by atoms with E-state index in [0.29, 0.717) is 30.2 Å². The van der Waals surface area contributed by atoms with Crippen molar-refractivity contribution in [2.45, 2.75) is 19.9 Å². The summed E-state index contributed by atoms with van der Waals surface area (Å²) >= 11 is 1.45. The lowest BCUT2D eigenvalue weighted by atomic mass is 10.1. The number of nitrogens with zero attached hydrogens (tertiary/aromatic N) is 2. The summed E-state index contributed by atoms with van der Waals surface area (Å²) in [5.74, 6) is -0.0962. The van der Waals surface area contributed by atoms with Gasteiger partial charge in [0, 0.05) is 30.3 Å². The van der Waals surface area contributed by atoms with Gasteiger partial charge in [-0.3, -0.25) is 9.59 Å². The molecule has 25 heavy (non-hydrogen) atoms. The number of carbonyl (C=O) groups excluding carboxylic acids is 2. The molecule has 4 rings (SSSR count). The number of nitrogens with one attached hydrogen (secondary N) is 1. The zero-order valence-corrected chi connectivity index (χ0v) is 14.6. The van der Waals surface area contributed by atoms with E-state index in [0.717, 1.165) is 21.3 Å². The summed E-state index contributed by atoms with van der Waals surface area (Å²) in [4.78, 5) is 31.4. The molecule has 0 atom stereocenters. The zero-order chi connectivity index (χ0) is 17.4. The van der Waals surface area contributed by atoms with Crippen LogP contribution in [0.15, 0.2) is 42.5 Å². The van der Waals surface area contributed by atoms with Crippen LogP contribution in [0, 0.1) is 0 Å². The molecule has 0 fully saturated rings. The SMILES string of the molecule is CC(=O)Nc1nc2c(s1)CN(C(=O)c1ccc3ccccc3c1)CC2. The molecule has 1 aromatic heterocycles. The Morgan fingerprint density at radius 3 is 2.76 bits per heavy atom. The molecule has 1 aliphatic rings. The Morgan fingerprint density at radius 2 is 1.96 bits per heavy atom. The van der Waals surface area contributed by atoms with Gasteiger partial charge < -0.3 is 10.2 Å². The van der Waals surface area contributed by atoms with Gasteiger partial charge in [0.2, 0.25) is 5.91 Å². The van der Waals surface area contributed by atoms with Gasteiger partial charge in [0.05, 0.1) is 12.2 Å². The molecule has 0 saturated carbocycles. The number of anilines is 1. The second kappa shape index (κ2) is 6.29. The van der Waals surface area contributed by atoms with Gasteiger partial charge in [-0.05, 0) is 22.9 Å². The molecule has 0 bridgehead atoms. The minimum atomic E-state index is -0.129. The van der Waals surface area contributed by atoms with Crippen LogP contribution in [0.2, 0.25) is 0 Å². The van der Waals surface area contributed by atoms with Crippen molar-refractivity contribution in [1.82, 2.24) is 9.88 Å². The van der Waals surface area contributed by atoms with Gasteiger partial charge in [0.15, 0.2) is 5.13 Å².